The van der Waals surface area contributed by atoms with Gasteiger partial charge in [0.15, 0.2) is 0 Å². The molecular formula is C33H36ClFN8O3. The molecule has 0 radical (unpaired) electrons. The van der Waals surface area contributed by atoms with E-state index in [1.165, 1.54) is 11.0 Å². The molecule has 240 valence electrons. The van der Waals surface area contributed by atoms with Crippen LogP contribution in [0.1, 0.15) is 37.7 Å². The molecule has 0 aliphatic carbocycles. The molecule has 3 aliphatic heterocycles. The Hall–Kier alpha value is -4.31. The molecule has 3 amide bonds. The van der Waals surface area contributed by atoms with E-state index in [0.29, 0.717) is 72.7 Å². The number of nitriles is 1. The Morgan fingerprint density at radius 1 is 1.11 bits per heavy atom. The molecule has 46 heavy (non-hydrogen) atoms. The normalized spacial score (nSPS) is 18.9. The molecular weight excluding hydrogens is 611 g/mol. The lowest BCUT2D eigenvalue weighted by Gasteiger charge is -2.33. The summed E-state index contributed by atoms with van der Waals surface area (Å²) in [7, 11) is 0. The van der Waals surface area contributed by atoms with Crippen LogP contribution in [0.3, 0.4) is 0 Å². The van der Waals surface area contributed by atoms with Crippen molar-refractivity contribution in [1.82, 2.24) is 20.2 Å². The lowest BCUT2D eigenvalue weighted by molar-refractivity contribution is -0.120. The average molecular weight is 647 g/mol. The first-order chi connectivity index (χ1) is 22.3. The van der Waals surface area contributed by atoms with Gasteiger partial charge in [-0.2, -0.15) is 5.26 Å². The van der Waals surface area contributed by atoms with Gasteiger partial charge in [-0.1, -0.05) is 23.7 Å². The van der Waals surface area contributed by atoms with Gasteiger partial charge in [-0.15, -0.1) is 0 Å². The van der Waals surface area contributed by atoms with Crippen LogP contribution < -0.4 is 20.9 Å². The largest absolute Gasteiger partial charge is 0.381 e. The Labute approximate surface area is 272 Å². The Morgan fingerprint density at radius 3 is 2.65 bits per heavy atom. The van der Waals surface area contributed by atoms with Crippen molar-refractivity contribution in [2.75, 3.05) is 54.9 Å². The van der Waals surface area contributed by atoms with Gasteiger partial charge in [-0.3, -0.25) is 19.9 Å². The average Bonchev–Trinajstić information content (AvgIpc) is 3.07. The van der Waals surface area contributed by atoms with Crippen molar-refractivity contribution in [2.45, 2.75) is 44.7 Å². The molecule has 3 N–H and O–H groups in total. The number of amides is 3. The van der Waals surface area contributed by atoms with E-state index in [1.807, 2.05) is 24.3 Å². The van der Waals surface area contributed by atoms with Gasteiger partial charge in [0.2, 0.25) is 5.91 Å². The highest BCUT2D eigenvalue weighted by Crippen LogP contribution is 2.32. The van der Waals surface area contributed by atoms with Crippen molar-refractivity contribution < 1.29 is 18.7 Å². The Morgan fingerprint density at radius 2 is 1.91 bits per heavy atom. The van der Waals surface area contributed by atoms with Gasteiger partial charge in [0, 0.05) is 81.4 Å². The Balaban J connectivity index is 1.03. The Bertz CT molecular complexity index is 1640. The summed E-state index contributed by atoms with van der Waals surface area (Å²) in [5.41, 5.74) is 1.99. The van der Waals surface area contributed by atoms with E-state index in [2.05, 4.69) is 31.9 Å². The monoisotopic (exact) mass is 646 g/mol. The minimum atomic E-state index is -0.530. The highest BCUT2D eigenvalue weighted by Gasteiger charge is 2.32. The maximum Gasteiger partial charge on any atom is 0.328 e. The van der Waals surface area contributed by atoms with Crippen molar-refractivity contribution in [2.24, 2.45) is 5.41 Å². The standard InChI is InChI=1S/C33H36ClFN8O3/c34-26-18-37-30(17-25(26)28-2-1-3-29(40-28)38-21-33(20-36)9-14-46-15-10-33)39-23-6-11-42(12-7-23)19-22-4-5-24(16-27(22)35)43-13-8-31(44)41-32(43)45/h1-5,16-18,23H,6-15,19,21H2,(H,37,39)(H,38,40)(H,41,44,45). The molecule has 0 unspecified atom stereocenters. The van der Waals surface area contributed by atoms with Crippen molar-refractivity contribution in [3.63, 3.8) is 0 Å². The quantitative estimate of drug-likeness (QED) is 0.287. The van der Waals surface area contributed by atoms with Gasteiger partial charge in [-0.05, 0) is 56.0 Å². The van der Waals surface area contributed by atoms with Crippen LogP contribution in [0.2, 0.25) is 5.02 Å². The fourth-order valence-corrected chi connectivity index (χ4v) is 6.28. The minimum Gasteiger partial charge on any atom is -0.381 e. The van der Waals surface area contributed by atoms with E-state index in [0.717, 1.165) is 31.5 Å². The molecule has 3 fully saturated rings. The van der Waals surface area contributed by atoms with E-state index in [4.69, 9.17) is 21.3 Å². The number of imide groups is 1. The molecule has 11 nitrogen and oxygen atoms in total. The second-order valence-electron chi connectivity index (χ2n) is 12.0. The number of benzene rings is 1. The van der Waals surface area contributed by atoms with Crippen LogP contribution in [0, 0.1) is 22.6 Å². The third-order valence-electron chi connectivity index (χ3n) is 8.91. The summed E-state index contributed by atoms with van der Waals surface area (Å²) in [6.07, 6.45) is 4.90. The molecule has 3 saturated heterocycles. The topological polar surface area (TPSA) is 136 Å². The number of carbonyl (C=O) groups is 2. The van der Waals surface area contributed by atoms with Crippen molar-refractivity contribution >= 4 is 40.9 Å². The van der Waals surface area contributed by atoms with Gasteiger partial charge in [0.1, 0.15) is 17.5 Å². The van der Waals surface area contributed by atoms with E-state index < -0.39 is 11.4 Å². The fraction of sp³-hybridized carbons (Fsp3) is 0.424. The molecule has 3 aromatic rings. The molecule has 5 heterocycles. The third kappa shape index (κ3) is 7.39. The molecule has 0 spiro atoms. The van der Waals surface area contributed by atoms with Gasteiger partial charge in [0.05, 0.1) is 22.2 Å². The number of likely N-dealkylation sites (tertiary alicyclic amines) is 1. The molecule has 0 saturated carbocycles. The van der Waals surface area contributed by atoms with E-state index in [-0.39, 0.29) is 30.7 Å². The van der Waals surface area contributed by atoms with Crippen LogP contribution in [0.15, 0.2) is 48.7 Å². The summed E-state index contributed by atoms with van der Waals surface area (Å²) >= 11 is 6.56. The zero-order valence-electron chi connectivity index (χ0n) is 25.4. The van der Waals surface area contributed by atoms with Crippen LogP contribution in [0.25, 0.3) is 11.3 Å². The van der Waals surface area contributed by atoms with Crippen LogP contribution >= 0.6 is 11.6 Å². The summed E-state index contributed by atoms with van der Waals surface area (Å²) in [6, 6.07) is 14.5. The maximum atomic E-state index is 15.0. The number of carbonyl (C=O) groups excluding carboxylic acids is 2. The number of nitrogens with one attached hydrogen (secondary N) is 3. The van der Waals surface area contributed by atoms with Crippen molar-refractivity contribution in [1.29, 1.82) is 5.26 Å². The number of anilines is 3. The summed E-state index contributed by atoms with van der Waals surface area (Å²) in [6.45, 7) is 3.92. The summed E-state index contributed by atoms with van der Waals surface area (Å²) in [5, 5.41) is 19.4. The smallest absolute Gasteiger partial charge is 0.328 e. The van der Waals surface area contributed by atoms with Crippen molar-refractivity contribution in [3.8, 4) is 17.3 Å². The molecule has 0 atom stereocenters. The zero-order chi connectivity index (χ0) is 32.1. The third-order valence-corrected chi connectivity index (χ3v) is 9.21. The number of piperidine rings is 1. The summed E-state index contributed by atoms with van der Waals surface area (Å²) in [4.78, 5) is 36.4. The molecule has 6 rings (SSSR count). The number of halogens is 2. The molecule has 3 aliphatic rings. The van der Waals surface area contributed by atoms with E-state index >= 15 is 4.39 Å². The molecule has 1 aromatic carbocycles. The second-order valence-corrected chi connectivity index (χ2v) is 12.4. The lowest BCUT2D eigenvalue weighted by Crippen LogP contribution is -2.49. The number of hydrogen-bond donors (Lipinski definition) is 3. The van der Waals surface area contributed by atoms with E-state index in [9.17, 15) is 14.9 Å². The SMILES string of the molecule is N#CC1(CNc2cccc(-c3cc(NC4CCN(Cc5ccc(N6CCC(=O)NC6=O)cc5F)CC4)ncc3Cl)n2)CCOCC1. The highest BCUT2D eigenvalue weighted by molar-refractivity contribution is 6.33. The van der Waals surface area contributed by atoms with Crippen LogP contribution in [0.5, 0.6) is 0 Å². The second kappa shape index (κ2) is 14.0. The number of rotatable bonds is 9. The van der Waals surface area contributed by atoms with E-state index in [1.54, 1.807) is 18.3 Å². The lowest BCUT2D eigenvalue weighted by atomic mass is 9.82. The number of pyridine rings is 2. The van der Waals surface area contributed by atoms with Gasteiger partial charge in [-0.25, -0.2) is 19.2 Å². The number of aromatic nitrogens is 2. The predicted molar refractivity (Wildman–Crippen MR) is 173 cm³/mol. The Kier molecular flexibility index (Phi) is 9.63. The van der Waals surface area contributed by atoms with Crippen molar-refractivity contribution in [3.05, 3.63) is 65.1 Å². The fourth-order valence-electron chi connectivity index (χ4n) is 6.08. The maximum absolute atomic E-state index is 15.0. The number of ether oxygens (including phenoxy) is 1. The van der Waals surface area contributed by atoms with Crippen LogP contribution in [0.4, 0.5) is 26.5 Å². The summed E-state index contributed by atoms with van der Waals surface area (Å²) in [5.74, 6) is 0.680. The van der Waals surface area contributed by atoms with Gasteiger partial charge in [0.25, 0.3) is 0 Å². The first-order valence-electron chi connectivity index (χ1n) is 15.6. The highest BCUT2D eigenvalue weighted by atomic mass is 35.5. The van der Waals surface area contributed by atoms with Gasteiger partial charge < -0.3 is 15.4 Å². The number of urea groups is 1. The van der Waals surface area contributed by atoms with Crippen LogP contribution in [-0.4, -0.2) is 72.2 Å². The number of hydrogen-bond acceptors (Lipinski definition) is 9. The predicted octanol–water partition coefficient (Wildman–Crippen LogP) is 5.19. The molecule has 2 aromatic heterocycles. The molecule has 0 bridgehead atoms. The van der Waals surface area contributed by atoms with Crippen LogP contribution in [-0.2, 0) is 16.1 Å². The number of nitrogens with zero attached hydrogens (tertiary/aromatic N) is 5. The zero-order valence-corrected chi connectivity index (χ0v) is 26.2. The first-order valence-corrected chi connectivity index (χ1v) is 15.9. The minimum absolute atomic E-state index is 0.188. The first kappa shape index (κ1) is 31.7. The summed E-state index contributed by atoms with van der Waals surface area (Å²) < 4.78 is 20.5. The van der Waals surface area contributed by atoms with Gasteiger partial charge >= 0.3 is 6.03 Å². The molecule has 13 heteroatoms.